The van der Waals surface area contributed by atoms with Gasteiger partial charge in [-0.2, -0.15) is 0 Å². The number of thioether (sulfide) groups is 1. The normalized spacial score (nSPS) is 19.9. The highest BCUT2D eigenvalue weighted by Gasteiger charge is 2.27. The van der Waals surface area contributed by atoms with Gasteiger partial charge in [0.05, 0.1) is 4.90 Å². The van der Waals surface area contributed by atoms with E-state index in [4.69, 9.17) is 0 Å². The molecule has 0 radical (unpaired) electrons. The quantitative estimate of drug-likeness (QED) is 0.215. The molecule has 0 bridgehead atoms. The topological polar surface area (TPSA) is 51.2 Å². The molecular weight excluding hydrogens is 448 g/mol. The van der Waals surface area contributed by atoms with E-state index in [1.54, 1.807) is 36.0 Å². The lowest BCUT2D eigenvalue weighted by molar-refractivity contribution is -0.116. The van der Waals surface area contributed by atoms with Crippen LogP contribution in [0.15, 0.2) is 99.0 Å². The van der Waals surface area contributed by atoms with E-state index in [1.165, 1.54) is 23.0 Å². The van der Waals surface area contributed by atoms with Crippen LogP contribution in [-0.2, 0) is 14.6 Å². The Bertz CT molecular complexity index is 1110. The molecule has 174 valence electrons. The summed E-state index contributed by atoms with van der Waals surface area (Å²) >= 11 is 1.68. The van der Waals surface area contributed by atoms with Crippen molar-refractivity contribution in [1.29, 1.82) is 0 Å². The Hall–Kier alpha value is -2.37. The van der Waals surface area contributed by atoms with E-state index in [0.29, 0.717) is 12.3 Å². The van der Waals surface area contributed by atoms with Crippen LogP contribution in [0.4, 0.5) is 0 Å². The van der Waals surface area contributed by atoms with Crippen LogP contribution in [0.5, 0.6) is 0 Å². The molecule has 0 heterocycles. The van der Waals surface area contributed by atoms with E-state index in [2.05, 4.69) is 36.6 Å². The number of hydrogen-bond donors (Lipinski definition) is 0. The molecule has 1 fully saturated rings. The monoisotopic (exact) mass is 480 g/mol. The summed E-state index contributed by atoms with van der Waals surface area (Å²) in [5.74, 6) is 0.492. The molecule has 0 saturated heterocycles. The van der Waals surface area contributed by atoms with Gasteiger partial charge in [-0.1, -0.05) is 78.2 Å². The van der Waals surface area contributed by atoms with Crippen molar-refractivity contribution in [2.24, 2.45) is 11.8 Å². The third-order valence-corrected chi connectivity index (χ3v) is 8.39. The van der Waals surface area contributed by atoms with Gasteiger partial charge in [-0.25, -0.2) is 8.42 Å². The third kappa shape index (κ3) is 7.86. The summed E-state index contributed by atoms with van der Waals surface area (Å²) < 4.78 is 25.0. The van der Waals surface area contributed by atoms with Crippen LogP contribution in [-0.4, -0.2) is 14.2 Å². The predicted octanol–water partition coefficient (Wildman–Crippen LogP) is 7.30. The highest BCUT2D eigenvalue weighted by molar-refractivity contribution is 8.02. The van der Waals surface area contributed by atoms with Crippen LogP contribution < -0.4 is 0 Å². The van der Waals surface area contributed by atoms with Crippen LogP contribution in [0, 0.1) is 18.8 Å². The molecule has 2 aromatic rings. The van der Waals surface area contributed by atoms with Crippen LogP contribution in [0.3, 0.4) is 0 Å². The van der Waals surface area contributed by atoms with E-state index in [-0.39, 0.29) is 16.6 Å². The van der Waals surface area contributed by atoms with Gasteiger partial charge in [0.25, 0.3) is 0 Å². The average Bonchev–Trinajstić information content (AvgIpc) is 2.82. The molecule has 33 heavy (non-hydrogen) atoms. The van der Waals surface area contributed by atoms with Gasteiger partial charge in [0.15, 0.2) is 15.6 Å². The van der Waals surface area contributed by atoms with E-state index < -0.39 is 9.84 Å². The third-order valence-electron chi connectivity index (χ3n) is 6.12. The van der Waals surface area contributed by atoms with Crippen molar-refractivity contribution >= 4 is 27.4 Å². The second-order valence-electron chi connectivity index (χ2n) is 8.65. The molecule has 0 unspecified atom stereocenters. The maximum Gasteiger partial charge on any atom is 0.199 e. The minimum Gasteiger partial charge on any atom is -0.295 e. The van der Waals surface area contributed by atoms with E-state index in [9.17, 15) is 13.2 Å². The zero-order valence-corrected chi connectivity index (χ0v) is 20.9. The van der Waals surface area contributed by atoms with E-state index in [1.807, 2.05) is 25.1 Å². The Morgan fingerprint density at radius 3 is 2.45 bits per heavy atom. The van der Waals surface area contributed by atoms with Crippen molar-refractivity contribution in [3.05, 3.63) is 94.8 Å². The highest BCUT2D eigenvalue weighted by Crippen LogP contribution is 2.37. The number of benzene rings is 2. The lowest BCUT2D eigenvalue weighted by atomic mass is 9.73. The fourth-order valence-electron chi connectivity index (χ4n) is 4.28. The summed E-state index contributed by atoms with van der Waals surface area (Å²) in [5, 5.41) is 3.14. The molecule has 0 spiro atoms. The first-order chi connectivity index (χ1) is 15.8. The number of ketones is 1. The van der Waals surface area contributed by atoms with Gasteiger partial charge in [-0.3, -0.25) is 4.79 Å². The molecule has 0 amide bonds. The minimum absolute atomic E-state index is 0.120. The van der Waals surface area contributed by atoms with Crippen molar-refractivity contribution in [1.82, 2.24) is 0 Å². The maximum atomic E-state index is 12.6. The largest absolute Gasteiger partial charge is 0.295 e. The van der Waals surface area contributed by atoms with Gasteiger partial charge in [0, 0.05) is 16.7 Å². The number of rotatable bonds is 9. The van der Waals surface area contributed by atoms with Crippen molar-refractivity contribution < 1.29 is 13.2 Å². The van der Waals surface area contributed by atoms with Gasteiger partial charge < -0.3 is 0 Å². The molecule has 2 atom stereocenters. The van der Waals surface area contributed by atoms with Crippen LogP contribution in [0.25, 0.3) is 0 Å². The molecule has 2 aromatic carbocycles. The SMILES string of the molecule is C/C(=C/C=C/Sc1ccccc1)[C@H]1CCCC[C@@H]1CC(=O)/C=C/S(=O)(=O)c1ccc(C)cc1. The molecule has 3 rings (SSSR count). The number of carbonyl (C=O) groups excluding carboxylic acids is 1. The Morgan fingerprint density at radius 1 is 1.03 bits per heavy atom. The van der Waals surface area contributed by atoms with Gasteiger partial charge in [-0.05, 0) is 74.3 Å². The van der Waals surface area contributed by atoms with Crippen molar-refractivity contribution in [2.45, 2.75) is 55.7 Å². The zero-order valence-electron chi connectivity index (χ0n) is 19.3. The van der Waals surface area contributed by atoms with Gasteiger partial charge in [0.1, 0.15) is 0 Å². The van der Waals surface area contributed by atoms with E-state index >= 15 is 0 Å². The number of aryl methyl sites for hydroxylation is 1. The molecule has 0 N–H and O–H groups in total. The minimum atomic E-state index is -3.60. The number of hydrogen-bond acceptors (Lipinski definition) is 4. The fraction of sp³-hybridized carbons (Fsp3) is 0.321. The molecule has 3 nitrogen and oxygen atoms in total. The summed E-state index contributed by atoms with van der Waals surface area (Å²) in [6, 6.07) is 16.9. The van der Waals surface area contributed by atoms with Crippen LogP contribution in [0.2, 0.25) is 0 Å². The van der Waals surface area contributed by atoms with Crippen molar-refractivity contribution in [2.75, 3.05) is 0 Å². The summed E-state index contributed by atoms with van der Waals surface area (Å²) in [6.45, 7) is 4.05. The lowest BCUT2D eigenvalue weighted by Gasteiger charge is -2.31. The standard InChI is InChI=1S/C28H32O3S2/c1-22-14-16-27(17-15-22)33(30,31)20-18-25(29)21-24-10-6-7-13-28(24)23(2)9-8-19-32-26-11-4-3-5-12-26/h3-5,8-9,11-12,14-20,24,28H,6-7,10,13,21H2,1-2H3/b19-8+,20-18+,23-9-/t24-,28-/m1/s1. The number of sulfone groups is 1. The first-order valence-corrected chi connectivity index (χ1v) is 13.9. The van der Waals surface area contributed by atoms with Gasteiger partial charge in [0.2, 0.25) is 0 Å². The molecular formula is C28H32O3S2. The van der Waals surface area contributed by atoms with Crippen molar-refractivity contribution in [3.8, 4) is 0 Å². The Kier molecular flexibility index (Phi) is 9.33. The number of allylic oxidation sites excluding steroid dienone is 4. The Balaban J connectivity index is 1.60. The second kappa shape index (κ2) is 12.2. The van der Waals surface area contributed by atoms with Gasteiger partial charge >= 0.3 is 0 Å². The molecule has 0 aromatic heterocycles. The zero-order chi connectivity index (χ0) is 23.7. The summed E-state index contributed by atoms with van der Waals surface area (Å²) in [4.78, 5) is 14.1. The smallest absolute Gasteiger partial charge is 0.199 e. The predicted molar refractivity (Wildman–Crippen MR) is 138 cm³/mol. The summed E-state index contributed by atoms with van der Waals surface area (Å²) in [6.07, 6.45) is 10.2. The Labute approximate surface area is 202 Å². The van der Waals surface area contributed by atoms with Crippen molar-refractivity contribution in [3.63, 3.8) is 0 Å². The first-order valence-electron chi connectivity index (χ1n) is 11.4. The van der Waals surface area contributed by atoms with Crippen LogP contribution in [0.1, 0.15) is 44.6 Å². The average molecular weight is 481 g/mol. The second-order valence-corrected chi connectivity index (χ2v) is 11.5. The van der Waals surface area contributed by atoms with Gasteiger partial charge in [-0.15, -0.1) is 0 Å². The summed E-state index contributed by atoms with van der Waals surface area (Å²) in [5.41, 5.74) is 2.28. The Morgan fingerprint density at radius 2 is 1.73 bits per heavy atom. The molecule has 5 heteroatoms. The lowest BCUT2D eigenvalue weighted by Crippen LogP contribution is -2.23. The first kappa shape index (κ1) is 25.3. The maximum absolute atomic E-state index is 12.6. The number of carbonyl (C=O) groups is 1. The van der Waals surface area contributed by atoms with E-state index in [0.717, 1.165) is 30.2 Å². The molecule has 1 aliphatic rings. The molecule has 1 aliphatic carbocycles. The van der Waals surface area contributed by atoms with Crippen LogP contribution >= 0.6 is 11.8 Å². The summed E-state index contributed by atoms with van der Waals surface area (Å²) in [7, 11) is -3.60. The fourth-order valence-corrected chi connectivity index (χ4v) is 5.91. The molecule has 0 aliphatic heterocycles. The highest BCUT2D eigenvalue weighted by atomic mass is 32.2. The molecule has 1 saturated carbocycles.